The maximum atomic E-state index is 14.9. The van der Waals surface area contributed by atoms with E-state index in [0.29, 0.717) is 4.47 Å². The molecule has 2 fully saturated rings. The Kier molecular flexibility index (Phi) is 8.17. The number of nitrogens with zero attached hydrogens (tertiary/aromatic N) is 3. The lowest BCUT2D eigenvalue weighted by Crippen LogP contribution is -2.67. The van der Waals surface area contributed by atoms with E-state index in [9.17, 15) is 40.7 Å². The molecule has 4 rings (SSSR count). The van der Waals surface area contributed by atoms with E-state index in [-0.39, 0.29) is 24.5 Å². The van der Waals surface area contributed by atoms with E-state index in [0.717, 1.165) is 36.1 Å². The molecule has 1 N–H and O–H groups in total. The number of hydrogen-bond acceptors (Lipinski definition) is 7. The molecule has 3 atom stereocenters. The van der Waals surface area contributed by atoms with Crippen LogP contribution >= 0.6 is 27.5 Å². The number of hydrogen-bond donors (Lipinski definition) is 1. The number of sulfone groups is 1. The number of rotatable bonds is 7. The van der Waals surface area contributed by atoms with Crippen molar-refractivity contribution in [2.45, 2.75) is 47.2 Å². The summed E-state index contributed by atoms with van der Waals surface area (Å²) >= 11 is 9.23. The van der Waals surface area contributed by atoms with Crippen LogP contribution in [-0.4, -0.2) is 90.4 Å². The van der Waals surface area contributed by atoms with Crippen molar-refractivity contribution in [1.29, 1.82) is 0 Å². The minimum absolute atomic E-state index is 0.0290. The van der Waals surface area contributed by atoms with Crippen LogP contribution in [0.2, 0.25) is 5.02 Å². The minimum atomic E-state index is -4.66. The van der Waals surface area contributed by atoms with Gasteiger partial charge in [0, 0.05) is 36.4 Å². The maximum absolute atomic E-state index is 14.9. The molecule has 2 saturated heterocycles. The summed E-state index contributed by atoms with van der Waals surface area (Å²) in [6.45, 7) is 0.307. The molecular formula is C24H23BrClF4N3O6S. The van der Waals surface area contributed by atoms with Gasteiger partial charge in [-0.1, -0.05) is 11.6 Å². The predicted molar refractivity (Wildman–Crippen MR) is 137 cm³/mol. The quantitative estimate of drug-likeness (QED) is 0.443. The topological polar surface area (TPSA) is 117 Å². The van der Waals surface area contributed by atoms with Gasteiger partial charge in [-0.05, 0) is 54.5 Å². The highest BCUT2D eigenvalue weighted by atomic mass is 79.9. The van der Waals surface area contributed by atoms with Crippen molar-refractivity contribution in [3.8, 4) is 5.75 Å². The van der Waals surface area contributed by atoms with E-state index in [1.54, 1.807) is 11.9 Å². The van der Waals surface area contributed by atoms with Gasteiger partial charge in [0.05, 0.1) is 20.9 Å². The predicted octanol–water partition coefficient (Wildman–Crippen LogP) is 3.68. The summed E-state index contributed by atoms with van der Waals surface area (Å²) in [5.41, 5.74) is -1.71. The Hall–Kier alpha value is -2.49. The largest absolute Gasteiger partial charge is 0.481 e. The SMILES string of the molecule is C[C@H](Oc1ccc(S(=O)(=O)C2CC(C(=O)O)N(C(=O)C3(c4ncc(Br)cc4F)CN(C)C3)C2)c(Cl)c1)C(F)(F)F. The number of benzene rings is 1. The fourth-order valence-corrected chi connectivity index (χ4v) is 7.56. The maximum Gasteiger partial charge on any atom is 0.425 e. The van der Waals surface area contributed by atoms with Crippen LogP contribution in [0.25, 0.3) is 0 Å². The number of likely N-dealkylation sites (N-methyl/N-ethyl adjacent to an activating group) is 1. The van der Waals surface area contributed by atoms with Gasteiger partial charge >= 0.3 is 12.1 Å². The summed E-state index contributed by atoms with van der Waals surface area (Å²) < 4.78 is 85.6. The van der Waals surface area contributed by atoms with Gasteiger partial charge in [0.2, 0.25) is 5.91 Å². The van der Waals surface area contributed by atoms with E-state index >= 15 is 0 Å². The van der Waals surface area contributed by atoms with Crippen LogP contribution < -0.4 is 4.74 Å². The molecule has 0 aliphatic carbocycles. The lowest BCUT2D eigenvalue weighted by atomic mass is 9.75. The van der Waals surface area contributed by atoms with Gasteiger partial charge in [0.25, 0.3) is 0 Å². The molecule has 218 valence electrons. The zero-order valence-corrected chi connectivity index (χ0v) is 24.1. The Bertz CT molecular complexity index is 1450. The summed E-state index contributed by atoms with van der Waals surface area (Å²) in [6, 6.07) is 2.49. The lowest BCUT2D eigenvalue weighted by Gasteiger charge is -2.48. The molecule has 0 spiro atoms. The highest BCUT2D eigenvalue weighted by molar-refractivity contribution is 9.10. The standard InChI is InChI=1S/C24H23BrClF4N3O6S/c1-12(24(28,29)30)39-14-3-4-19(16(26)6-14)40(37,38)15-7-18(21(34)35)33(9-15)22(36)23(10-32(2)11-23)20-17(27)5-13(25)8-31-20/h3-6,8,12,15,18H,7,9-11H2,1-2H3,(H,34,35)/t12-,15?,18?/m0/s1. The normalized spacial score (nSPS) is 22.1. The first kappa shape index (κ1) is 30.5. The fraction of sp³-hybridized carbons (Fsp3) is 0.458. The van der Waals surface area contributed by atoms with Gasteiger partial charge in [-0.25, -0.2) is 17.6 Å². The Morgan fingerprint density at radius 2 is 1.93 bits per heavy atom. The van der Waals surface area contributed by atoms with Crippen molar-refractivity contribution >= 4 is 49.2 Å². The number of carbonyl (C=O) groups excluding carboxylic acids is 1. The summed E-state index contributed by atoms with van der Waals surface area (Å²) in [5.74, 6) is -3.32. The number of carboxylic acids is 1. The highest BCUT2D eigenvalue weighted by Crippen LogP contribution is 2.40. The Morgan fingerprint density at radius 1 is 1.27 bits per heavy atom. The van der Waals surface area contributed by atoms with Crippen molar-refractivity contribution < 1.29 is 45.4 Å². The molecule has 0 saturated carbocycles. The zero-order chi connectivity index (χ0) is 29.8. The Balaban J connectivity index is 1.64. The van der Waals surface area contributed by atoms with Gasteiger partial charge in [-0.2, -0.15) is 13.2 Å². The second-order valence-electron chi connectivity index (χ2n) is 9.85. The zero-order valence-electron chi connectivity index (χ0n) is 21.0. The van der Waals surface area contributed by atoms with E-state index in [4.69, 9.17) is 16.3 Å². The van der Waals surface area contributed by atoms with Crippen LogP contribution in [0.4, 0.5) is 17.6 Å². The molecule has 0 radical (unpaired) electrons. The van der Waals surface area contributed by atoms with E-state index < -0.39 is 79.4 Å². The second-order valence-corrected chi connectivity index (χ2v) is 13.4. The van der Waals surface area contributed by atoms with Crippen molar-refractivity contribution in [2.75, 3.05) is 26.7 Å². The van der Waals surface area contributed by atoms with Crippen LogP contribution in [0.1, 0.15) is 19.0 Å². The van der Waals surface area contributed by atoms with Crippen molar-refractivity contribution in [1.82, 2.24) is 14.8 Å². The van der Waals surface area contributed by atoms with Crippen molar-refractivity contribution in [3.05, 3.63) is 51.5 Å². The fourth-order valence-electron chi connectivity index (χ4n) is 5.02. The number of ether oxygens (including phenoxy) is 1. The number of likely N-dealkylation sites (tertiary alicyclic amines) is 2. The van der Waals surface area contributed by atoms with E-state index in [1.165, 1.54) is 6.20 Å². The first-order chi connectivity index (χ1) is 18.5. The lowest BCUT2D eigenvalue weighted by molar-refractivity contribution is -0.189. The summed E-state index contributed by atoms with van der Waals surface area (Å²) in [6.07, 6.45) is -6.02. The highest BCUT2D eigenvalue weighted by Gasteiger charge is 2.57. The number of aliphatic carboxylic acids is 1. The first-order valence-corrected chi connectivity index (χ1v) is 14.5. The molecular weight excluding hydrogens is 650 g/mol. The number of carbonyl (C=O) groups is 2. The van der Waals surface area contributed by atoms with Gasteiger partial charge in [0.1, 0.15) is 23.0 Å². The number of amides is 1. The molecule has 1 aromatic heterocycles. The Morgan fingerprint density at radius 3 is 2.45 bits per heavy atom. The van der Waals surface area contributed by atoms with Gasteiger partial charge in [-0.3, -0.25) is 9.78 Å². The van der Waals surface area contributed by atoms with Crippen LogP contribution in [0.5, 0.6) is 5.75 Å². The number of pyridine rings is 1. The summed E-state index contributed by atoms with van der Waals surface area (Å²) in [7, 11) is -2.69. The number of halogens is 6. The molecule has 2 unspecified atom stereocenters. The smallest absolute Gasteiger partial charge is 0.425 e. The minimum Gasteiger partial charge on any atom is -0.481 e. The number of carboxylic acid groups (broad SMARTS) is 1. The van der Waals surface area contributed by atoms with E-state index in [1.807, 2.05) is 0 Å². The molecule has 2 aliphatic heterocycles. The number of aromatic nitrogens is 1. The van der Waals surface area contributed by atoms with Crippen LogP contribution in [-0.2, 0) is 24.8 Å². The molecule has 1 aromatic carbocycles. The molecule has 16 heteroatoms. The third-order valence-corrected chi connectivity index (χ3v) is 10.0. The van der Waals surface area contributed by atoms with Crippen molar-refractivity contribution in [3.63, 3.8) is 0 Å². The average molecular weight is 673 g/mol. The second kappa shape index (κ2) is 10.7. The van der Waals surface area contributed by atoms with Crippen LogP contribution in [0, 0.1) is 5.82 Å². The Labute approximate surface area is 240 Å². The number of alkyl halides is 3. The monoisotopic (exact) mass is 671 g/mol. The molecule has 40 heavy (non-hydrogen) atoms. The van der Waals surface area contributed by atoms with Gasteiger partial charge < -0.3 is 19.6 Å². The molecule has 2 aromatic rings. The van der Waals surface area contributed by atoms with E-state index in [2.05, 4.69) is 20.9 Å². The third kappa shape index (κ3) is 5.52. The van der Waals surface area contributed by atoms with Gasteiger partial charge in [0.15, 0.2) is 15.9 Å². The van der Waals surface area contributed by atoms with Crippen LogP contribution in [0.15, 0.2) is 39.8 Å². The molecule has 3 heterocycles. The average Bonchev–Trinajstić information content (AvgIpc) is 3.28. The molecule has 2 aliphatic rings. The first-order valence-electron chi connectivity index (χ1n) is 11.8. The molecule has 9 nitrogen and oxygen atoms in total. The van der Waals surface area contributed by atoms with Crippen molar-refractivity contribution in [2.24, 2.45) is 0 Å². The van der Waals surface area contributed by atoms with Gasteiger partial charge in [-0.15, -0.1) is 0 Å². The third-order valence-electron chi connectivity index (χ3n) is 6.98. The van der Waals surface area contributed by atoms with Crippen LogP contribution in [0.3, 0.4) is 0 Å². The molecule has 1 amide bonds. The summed E-state index contributed by atoms with van der Waals surface area (Å²) in [5, 5.41) is 8.03. The summed E-state index contributed by atoms with van der Waals surface area (Å²) in [4.78, 5) is 32.2. The molecule has 0 bridgehead atoms.